The van der Waals surface area contributed by atoms with E-state index in [4.69, 9.17) is 30.7 Å². The number of terminal acetylenes is 1. The summed E-state index contributed by atoms with van der Waals surface area (Å²) in [4.78, 5) is 4.83. The van der Waals surface area contributed by atoms with E-state index in [9.17, 15) is 0 Å². The fraction of sp³-hybridized carbons (Fsp3) is 0.250. The number of aryl methyl sites for hydroxylation is 1. The maximum absolute atomic E-state index is 5.60. The van der Waals surface area contributed by atoms with Crippen LogP contribution in [0.2, 0.25) is 0 Å². The lowest BCUT2D eigenvalue weighted by atomic mass is 10.0. The van der Waals surface area contributed by atoms with E-state index < -0.39 is 0 Å². The van der Waals surface area contributed by atoms with Crippen LogP contribution in [0.5, 0.6) is 17.2 Å². The van der Waals surface area contributed by atoms with Crippen molar-refractivity contribution in [2.45, 2.75) is 19.1 Å². The van der Waals surface area contributed by atoms with E-state index >= 15 is 0 Å². The molecule has 0 saturated carbocycles. The van der Waals surface area contributed by atoms with Crippen molar-refractivity contribution in [3.63, 3.8) is 0 Å². The van der Waals surface area contributed by atoms with Gasteiger partial charge in [-0.3, -0.25) is 0 Å². The third-order valence-corrected chi connectivity index (χ3v) is 6.19. The molecule has 1 aromatic heterocycles. The average molecular weight is 434 g/mol. The van der Waals surface area contributed by atoms with E-state index in [0.29, 0.717) is 11.5 Å². The zero-order valence-corrected chi connectivity index (χ0v) is 18.7. The zero-order chi connectivity index (χ0) is 22.0. The van der Waals surface area contributed by atoms with Gasteiger partial charge in [0.25, 0.3) is 0 Å². The van der Waals surface area contributed by atoms with Gasteiger partial charge in [0.05, 0.1) is 35.9 Å². The summed E-state index contributed by atoms with van der Waals surface area (Å²) in [6.07, 6.45) is 5.32. The van der Waals surface area contributed by atoms with Gasteiger partial charge in [-0.2, -0.15) is 5.10 Å². The van der Waals surface area contributed by atoms with Crippen LogP contribution >= 0.6 is 11.8 Å². The minimum Gasteiger partial charge on any atom is -0.497 e. The minimum absolute atomic E-state index is 0.0371. The molecule has 2 heterocycles. The molecule has 31 heavy (non-hydrogen) atoms. The maximum atomic E-state index is 5.60. The van der Waals surface area contributed by atoms with Gasteiger partial charge in [-0.05, 0) is 55.8 Å². The predicted molar refractivity (Wildman–Crippen MR) is 124 cm³/mol. The van der Waals surface area contributed by atoms with Gasteiger partial charge in [-0.25, -0.2) is 9.67 Å². The van der Waals surface area contributed by atoms with Gasteiger partial charge in [0, 0.05) is 5.56 Å². The van der Waals surface area contributed by atoms with Gasteiger partial charge in [0.2, 0.25) is 0 Å². The lowest BCUT2D eigenvalue weighted by molar-refractivity contribution is 0.330. The highest BCUT2D eigenvalue weighted by atomic mass is 32.2. The minimum atomic E-state index is 0.0371. The third kappa shape index (κ3) is 3.99. The molecule has 0 amide bonds. The first kappa shape index (κ1) is 20.9. The summed E-state index contributed by atoms with van der Waals surface area (Å²) in [6.45, 7) is 4.23. The number of methoxy groups -OCH3 is 2. The van der Waals surface area contributed by atoms with Crippen molar-refractivity contribution in [2.75, 3.05) is 20.8 Å². The monoisotopic (exact) mass is 433 g/mol. The zero-order valence-electron chi connectivity index (χ0n) is 17.9. The first-order chi connectivity index (χ1) is 15.0. The van der Waals surface area contributed by atoms with Crippen LogP contribution in [0.3, 0.4) is 0 Å². The SMILES string of the molecule is C#CCOc1ccc([C@H]2SC(C)=Nc3c2c(C)nn3-c2ccc(OC)cc2)cc1OC. The second-order valence-corrected chi connectivity index (χ2v) is 8.26. The number of hydrogen-bond acceptors (Lipinski definition) is 6. The Kier molecular flexibility index (Phi) is 5.92. The van der Waals surface area contributed by atoms with Gasteiger partial charge in [-0.15, -0.1) is 6.42 Å². The number of thioether (sulfide) groups is 1. The standard InChI is InChI=1S/C24H23N3O3S/c1-6-13-30-20-12-7-17(14-21(20)29-5)23-22-15(2)26-27(24(22)25-16(3)31-23)18-8-10-19(28-4)11-9-18/h1,7-12,14,23H,13H2,2-5H3/t23-/m1/s1. The Morgan fingerprint density at radius 3 is 2.52 bits per heavy atom. The molecule has 0 bridgehead atoms. The summed E-state index contributed by atoms with van der Waals surface area (Å²) in [5.74, 6) is 5.40. The molecule has 0 N–H and O–H groups in total. The molecular formula is C24H23N3O3S. The normalized spacial score (nSPS) is 14.9. The van der Waals surface area contributed by atoms with Crippen molar-refractivity contribution in [1.82, 2.24) is 9.78 Å². The summed E-state index contributed by atoms with van der Waals surface area (Å²) < 4.78 is 18.3. The number of benzene rings is 2. The van der Waals surface area contributed by atoms with Gasteiger partial charge in [0.1, 0.15) is 12.4 Å². The fourth-order valence-corrected chi connectivity index (χ4v) is 4.73. The van der Waals surface area contributed by atoms with Crippen molar-refractivity contribution in [3.05, 3.63) is 59.3 Å². The van der Waals surface area contributed by atoms with E-state index in [2.05, 4.69) is 5.92 Å². The lowest BCUT2D eigenvalue weighted by Crippen LogP contribution is -2.07. The van der Waals surface area contributed by atoms with Crippen LogP contribution in [0.4, 0.5) is 5.82 Å². The van der Waals surface area contributed by atoms with Gasteiger partial charge >= 0.3 is 0 Å². The van der Waals surface area contributed by atoms with Crippen molar-refractivity contribution >= 4 is 22.6 Å². The molecular weight excluding hydrogens is 410 g/mol. The molecule has 0 unspecified atom stereocenters. The number of aromatic nitrogens is 2. The van der Waals surface area contributed by atoms with Crippen LogP contribution < -0.4 is 14.2 Å². The molecule has 4 rings (SSSR count). The molecule has 0 spiro atoms. The second kappa shape index (κ2) is 8.78. The van der Waals surface area contributed by atoms with Gasteiger partial charge in [-0.1, -0.05) is 23.7 Å². The van der Waals surface area contributed by atoms with Crippen molar-refractivity contribution < 1.29 is 14.2 Å². The first-order valence-corrected chi connectivity index (χ1v) is 10.6. The van der Waals surface area contributed by atoms with Crippen LogP contribution in [-0.4, -0.2) is 35.7 Å². The summed E-state index contributed by atoms with van der Waals surface area (Å²) in [7, 11) is 3.28. The number of hydrogen-bond donors (Lipinski definition) is 0. The Labute approximate surface area is 186 Å². The Hall–Kier alpha value is -3.37. The largest absolute Gasteiger partial charge is 0.497 e. The molecule has 1 atom stereocenters. The Bertz CT molecular complexity index is 1180. The van der Waals surface area contributed by atoms with Crippen LogP contribution in [-0.2, 0) is 0 Å². The smallest absolute Gasteiger partial charge is 0.162 e. The molecule has 0 saturated heterocycles. The summed E-state index contributed by atoms with van der Waals surface area (Å²) in [5.41, 5.74) is 4.04. The van der Waals surface area contributed by atoms with Gasteiger partial charge in [0.15, 0.2) is 17.3 Å². The van der Waals surface area contributed by atoms with Crippen LogP contribution in [0.1, 0.15) is 29.0 Å². The van der Waals surface area contributed by atoms with Gasteiger partial charge < -0.3 is 14.2 Å². The molecule has 158 valence electrons. The highest BCUT2D eigenvalue weighted by molar-refractivity contribution is 8.14. The van der Waals surface area contributed by atoms with Crippen molar-refractivity contribution in [2.24, 2.45) is 4.99 Å². The van der Waals surface area contributed by atoms with Crippen LogP contribution in [0, 0.1) is 19.3 Å². The molecule has 1 aliphatic rings. The molecule has 3 aromatic rings. The van der Waals surface area contributed by atoms with Crippen LogP contribution in [0.25, 0.3) is 5.69 Å². The van der Waals surface area contributed by atoms with Crippen molar-refractivity contribution in [1.29, 1.82) is 0 Å². The lowest BCUT2D eigenvalue weighted by Gasteiger charge is -2.23. The van der Waals surface area contributed by atoms with E-state index in [1.165, 1.54) is 0 Å². The number of aliphatic imine (C=N–C) groups is 1. The second-order valence-electron chi connectivity index (χ2n) is 6.96. The Balaban J connectivity index is 1.78. The highest BCUT2D eigenvalue weighted by Crippen LogP contribution is 2.48. The Morgan fingerprint density at radius 1 is 1.06 bits per heavy atom. The van der Waals surface area contributed by atoms with E-state index in [-0.39, 0.29) is 11.9 Å². The summed E-state index contributed by atoms with van der Waals surface area (Å²) >= 11 is 1.70. The number of nitrogens with zero attached hydrogens (tertiary/aromatic N) is 3. The number of rotatable bonds is 6. The molecule has 0 fully saturated rings. The number of ether oxygens (including phenoxy) is 3. The summed E-state index contributed by atoms with van der Waals surface area (Å²) in [6, 6.07) is 13.7. The Morgan fingerprint density at radius 2 is 1.84 bits per heavy atom. The molecule has 0 aliphatic carbocycles. The van der Waals surface area contributed by atoms with Crippen LogP contribution in [0.15, 0.2) is 47.5 Å². The maximum Gasteiger partial charge on any atom is 0.162 e. The fourth-order valence-electron chi connectivity index (χ4n) is 3.57. The van der Waals surface area contributed by atoms with Crippen molar-refractivity contribution in [3.8, 4) is 35.3 Å². The highest BCUT2D eigenvalue weighted by Gasteiger charge is 2.30. The topological polar surface area (TPSA) is 57.9 Å². The quantitative estimate of drug-likeness (QED) is 0.507. The average Bonchev–Trinajstić information content (AvgIpc) is 3.13. The predicted octanol–water partition coefficient (Wildman–Crippen LogP) is 5.10. The molecule has 0 radical (unpaired) electrons. The first-order valence-electron chi connectivity index (χ1n) is 9.75. The molecule has 1 aliphatic heterocycles. The third-order valence-electron chi connectivity index (χ3n) is 5.01. The van der Waals surface area contributed by atoms with E-state index in [1.807, 2.05) is 61.0 Å². The number of fused-ring (bicyclic) bond motifs is 1. The van der Waals surface area contributed by atoms with E-state index in [1.54, 1.807) is 26.0 Å². The van der Waals surface area contributed by atoms with E-state index in [0.717, 1.165) is 39.1 Å². The molecule has 6 nitrogen and oxygen atoms in total. The molecule has 2 aromatic carbocycles. The summed E-state index contributed by atoms with van der Waals surface area (Å²) in [5, 5.41) is 5.81. The molecule has 7 heteroatoms.